The summed E-state index contributed by atoms with van der Waals surface area (Å²) in [4.78, 5) is 31.1. The molecule has 1 aliphatic heterocycles. The van der Waals surface area contributed by atoms with E-state index in [-0.39, 0.29) is 30.1 Å². The molecule has 25 heavy (non-hydrogen) atoms. The highest BCUT2D eigenvalue weighted by molar-refractivity contribution is 7.17. The van der Waals surface area contributed by atoms with Crippen molar-refractivity contribution in [2.45, 2.75) is 26.3 Å². The Labute approximate surface area is 149 Å². The number of hydrogen-bond acceptors (Lipinski definition) is 5. The molecule has 2 aromatic rings. The number of nitrogens with zero attached hydrogens (tertiary/aromatic N) is 2. The molecule has 8 heteroatoms. The maximum Gasteiger partial charge on any atom is 0.263 e. The molecule has 1 aliphatic rings. The molecule has 2 heterocycles. The maximum atomic E-state index is 13.0. The van der Waals surface area contributed by atoms with Crippen LogP contribution >= 0.6 is 11.3 Å². The molecule has 0 radical (unpaired) electrons. The molecule has 0 aliphatic carbocycles. The SMILES string of the molecule is CCNc1nc(C)c(C(=O)NC2CC(=O)N(c3ccc(F)cc3)C2)s1. The number of halogens is 1. The summed E-state index contributed by atoms with van der Waals surface area (Å²) in [6, 6.07) is 5.48. The Bertz CT molecular complexity index is 790. The number of anilines is 2. The molecule has 0 spiro atoms. The lowest BCUT2D eigenvalue weighted by Gasteiger charge is -2.17. The van der Waals surface area contributed by atoms with E-state index in [2.05, 4.69) is 15.6 Å². The summed E-state index contributed by atoms with van der Waals surface area (Å²) in [6.07, 6.45) is 0.223. The second-order valence-electron chi connectivity index (χ2n) is 5.82. The lowest BCUT2D eigenvalue weighted by molar-refractivity contribution is -0.117. The van der Waals surface area contributed by atoms with E-state index >= 15 is 0 Å². The Kier molecular flexibility index (Phi) is 4.98. The fourth-order valence-electron chi connectivity index (χ4n) is 2.76. The van der Waals surface area contributed by atoms with Crippen molar-refractivity contribution in [1.29, 1.82) is 0 Å². The topological polar surface area (TPSA) is 74.3 Å². The van der Waals surface area contributed by atoms with Crippen molar-refractivity contribution in [1.82, 2.24) is 10.3 Å². The van der Waals surface area contributed by atoms with E-state index in [1.807, 2.05) is 6.92 Å². The summed E-state index contributed by atoms with van der Waals surface area (Å²) >= 11 is 1.30. The number of carbonyl (C=O) groups excluding carboxylic acids is 2. The zero-order chi connectivity index (χ0) is 18.0. The summed E-state index contributed by atoms with van der Waals surface area (Å²) in [5.41, 5.74) is 1.30. The van der Waals surface area contributed by atoms with Gasteiger partial charge in [0, 0.05) is 25.2 Å². The van der Waals surface area contributed by atoms with Gasteiger partial charge in [0.1, 0.15) is 10.7 Å². The van der Waals surface area contributed by atoms with Crippen LogP contribution in [0.25, 0.3) is 0 Å². The molecular formula is C17H19FN4O2S. The third-order valence-electron chi connectivity index (χ3n) is 3.93. The Hall–Kier alpha value is -2.48. The van der Waals surface area contributed by atoms with E-state index in [9.17, 15) is 14.0 Å². The van der Waals surface area contributed by atoms with Crippen LogP contribution in [0.2, 0.25) is 0 Å². The largest absolute Gasteiger partial charge is 0.362 e. The van der Waals surface area contributed by atoms with Gasteiger partial charge in [-0.25, -0.2) is 9.37 Å². The lowest BCUT2D eigenvalue weighted by atomic mass is 10.2. The standard InChI is InChI=1S/C17H19FN4O2S/c1-3-19-17-20-10(2)15(25-17)16(24)21-12-8-14(23)22(9-12)13-6-4-11(18)5-7-13/h4-7,12H,3,8-9H2,1-2H3,(H,19,20)(H,21,24). The molecule has 1 fully saturated rings. The number of aryl methyl sites for hydroxylation is 1. The summed E-state index contributed by atoms with van der Waals surface area (Å²) < 4.78 is 13.0. The second kappa shape index (κ2) is 7.18. The molecular weight excluding hydrogens is 343 g/mol. The number of thiazole rings is 1. The van der Waals surface area contributed by atoms with Gasteiger partial charge in [0.05, 0.1) is 11.7 Å². The Morgan fingerprint density at radius 2 is 2.12 bits per heavy atom. The van der Waals surface area contributed by atoms with Gasteiger partial charge in [0.2, 0.25) is 5.91 Å². The third-order valence-corrected chi connectivity index (χ3v) is 5.04. The summed E-state index contributed by atoms with van der Waals surface area (Å²) in [5.74, 6) is -0.665. The van der Waals surface area contributed by atoms with Crippen molar-refractivity contribution in [3.05, 3.63) is 40.7 Å². The van der Waals surface area contributed by atoms with Gasteiger partial charge >= 0.3 is 0 Å². The minimum absolute atomic E-state index is 0.0914. The van der Waals surface area contributed by atoms with E-state index in [0.29, 0.717) is 27.9 Å². The van der Waals surface area contributed by atoms with Crippen LogP contribution in [0.4, 0.5) is 15.2 Å². The quantitative estimate of drug-likeness (QED) is 0.857. The van der Waals surface area contributed by atoms with Gasteiger partial charge in [0.25, 0.3) is 5.91 Å². The number of hydrogen-bond donors (Lipinski definition) is 2. The van der Waals surface area contributed by atoms with Crippen molar-refractivity contribution in [3.8, 4) is 0 Å². The minimum Gasteiger partial charge on any atom is -0.362 e. The van der Waals surface area contributed by atoms with E-state index < -0.39 is 0 Å². The Morgan fingerprint density at radius 3 is 2.80 bits per heavy atom. The van der Waals surface area contributed by atoms with Crippen LogP contribution in [0, 0.1) is 12.7 Å². The lowest BCUT2D eigenvalue weighted by Crippen LogP contribution is -2.37. The molecule has 6 nitrogen and oxygen atoms in total. The predicted molar refractivity (Wildman–Crippen MR) is 95.6 cm³/mol. The van der Waals surface area contributed by atoms with Crippen LogP contribution in [0.1, 0.15) is 28.7 Å². The van der Waals surface area contributed by atoms with E-state index in [1.54, 1.807) is 24.0 Å². The van der Waals surface area contributed by atoms with Crippen LogP contribution in [0.5, 0.6) is 0 Å². The first-order chi connectivity index (χ1) is 12.0. The molecule has 1 unspecified atom stereocenters. The van der Waals surface area contributed by atoms with E-state index in [4.69, 9.17) is 0 Å². The zero-order valence-electron chi connectivity index (χ0n) is 14.0. The van der Waals surface area contributed by atoms with Crippen LogP contribution in [0.3, 0.4) is 0 Å². The second-order valence-corrected chi connectivity index (χ2v) is 6.82. The molecule has 1 aromatic heterocycles. The fraction of sp³-hybridized carbons (Fsp3) is 0.353. The minimum atomic E-state index is -0.350. The molecule has 132 valence electrons. The van der Waals surface area contributed by atoms with Crippen molar-refractivity contribution in [2.24, 2.45) is 0 Å². The number of benzene rings is 1. The van der Waals surface area contributed by atoms with Gasteiger partial charge in [0.15, 0.2) is 5.13 Å². The summed E-state index contributed by atoms with van der Waals surface area (Å²) in [5, 5.41) is 6.70. The zero-order valence-corrected chi connectivity index (χ0v) is 14.8. The first-order valence-corrected chi connectivity index (χ1v) is 8.87. The predicted octanol–water partition coefficient (Wildman–Crippen LogP) is 2.56. The number of rotatable bonds is 5. The number of nitrogens with one attached hydrogen (secondary N) is 2. The summed E-state index contributed by atoms with van der Waals surface area (Å²) in [7, 11) is 0. The van der Waals surface area contributed by atoms with Gasteiger partial charge in [-0.1, -0.05) is 11.3 Å². The fourth-order valence-corrected chi connectivity index (χ4v) is 3.70. The van der Waals surface area contributed by atoms with Crippen LogP contribution in [-0.4, -0.2) is 35.9 Å². The first-order valence-electron chi connectivity index (χ1n) is 8.06. The molecule has 2 amide bonds. The number of amides is 2. The van der Waals surface area contributed by atoms with Crippen LogP contribution < -0.4 is 15.5 Å². The summed E-state index contributed by atoms with van der Waals surface area (Å²) in [6.45, 7) is 4.85. The normalized spacial score (nSPS) is 17.0. The maximum absolute atomic E-state index is 13.0. The molecule has 3 rings (SSSR count). The van der Waals surface area contributed by atoms with Crippen molar-refractivity contribution < 1.29 is 14.0 Å². The van der Waals surface area contributed by atoms with Gasteiger partial charge in [-0.05, 0) is 38.1 Å². The van der Waals surface area contributed by atoms with E-state index in [0.717, 1.165) is 6.54 Å². The molecule has 1 aromatic carbocycles. The van der Waals surface area contributed by atoms with Crippen molar-refractivity contribution in [2.75, 3.05) is 23.3 Å². The highest BCUT2D eigenvalue weighted by atomic mass is 32.1. The van der Waals surface area contributed by atoms with Crippen molar-refractivity contribution in [3.63, 3.8) is 0 Å². The average Bonchev–Trinajstić information content (AvgIpc) is 3.11. The molecule has 0 saturated carbocycles. The van der Waals surface area contributed by atoms with Gasteiger partial charge < -0.3 is 15.5 Å². The Morgan fingerprint density at radius 1 is 1.40 bits per heavy atom. The number of aromatic nitrogens is 1. The smallest absolute Gasteiger partial charge is 0.263 e. The number of carbonyl (C=O) groups is 2. The highest BCUT2D eigenvalue weighted by Gasteiger charge is 2.32. The van der Waals surface area contributed by atoms with Gasteiger partial charge in [-0.15, -0.1) is 0 Å². The average molecular weight is 362 g/mol. The molecule has 2 N–H and O–H groups in total. The molecule has 0 bridgehead atoms. The van der Waals surface area contributed by atoms with Crippen LogP contribution in [0.15, 0.2) is 24.3 Å². The third kappa shape index (κ3) is 3.79. The molecule has 1 atom stereocenters. The van der Waals surface area contributed by atoms with Gasteiger partial charge in [-0.3, -0.25) is 9.59 Å². The van der Waals surface area contributed by atoms with Gasteiger partial charge in [-0.2, -0.15) is 0 Å². The highest BCUT2D eigenvalue weighted by Crippen LogP contribution is 2.24. The van der Waals surface area contributed by atoms with E-state index in [1.165, 1.54) is 23.5 Å². The molecule has 1 saturated heterocycles. The van der Waals surface area contributed by atoms with Crippen molar-refractivity contribution >= 4 is 34.0 Å². The van der Waals surface area contributed by atoms with Crippen LogP contribution in [-0.2, 0) is 4.79 Å². The Balaban J connectivity index is 1.67. The first kappa shape index (κ1) is 17.3. The monoisotopic (exact) mass is 362 g/mol.